The molecular weight excluding hydrogens is 512 g/mol. The van der Waals surface area contributed by atoms with Gasteiger partial charge >= 0.3 is 0 Å². The summed E-state index contributed by atoms with van der Waals surface area (Å²) in [6, 6.07) is 8.75. The molecule has 0 saturated carbocycles. The minimum atomic E-state index is -1.71. The number of nitrogens with one attached hydrogen (secondary N) is 1. The molecule has 0 spiro atoms. The number of carbonyl (C=O) groups is 2. The van der Waals surface area contributed by atoms with Crippen molar-refractivity contribution < 1.29 is 45.0 Å². The predicted molar refractivity (Wildman–Crippen MR) is 136 cm³/mol. The SMILES string of the molecule is NN1C(=O)c2c(c3c4ccc(O)cc4n(C4OC(CO)C(O)C(O)C4O)c3c3[nH]c4cc(O)ccc4c23)C1=O. The normalized spacial score (nSPS) is 25.6. The lowest BCUT2D eigenvalue weighted by atomic mass is 9.96. The van der Waals surface area contributed by atoms with Crippen LogP contribution in [0.5, 0.6) is 11.5 Å². The third-order valence-electron chi connectivity index (χ3n) is 7.74. The van der Waals surface area contributed by atoms with Crippen LogP contribution < -0.4 is 5.84 Å². The van der Waals surface area contributed by atoms with Crippen LogP contribution in [0.2, 0.25) is 0 Å². The average Bonchev–Trinajstić information content (AvgIpc) is 3.51. The molecule has 3 aromatic carbocycles. The fourth-order valence-electron chi connectivity index (χ4n) is 5.99. The molecule has 1 saturated heterocycles. The van der Waals surface area contributed by atoms with E-state index in [0.29, 0.717) is 32.2 Å². The van der Waals surface area contributed by atoms with Gasteiger partial charge in [-0.3, -0.25) is 9.59 Å². The van der Waals surface area contributed by atoms with Gasteiger partial charge in [-0.15, -0.1) is 0 Å². The van der Waals surface area contributed by atoms with E-state index in [0.717, 1.165) is 0 Å². The van der Waals surface area contributed by atoms with Crippen molar-refractivity contribution in [1.29, 1.82) is 0 Å². The standard InChI is InChI=1S/C26H22N4O9/c27-30-24(37)17-15-10-3-1-8(32)5-12(10)28-19(15)20-16(18(17)25(30)38)11-4-2-9(33)6-13(11)29(20)26-23(36)22(35)21(34)14(7-31)39-26/h1-6,14,21-23,26,28,31-36H,7,27H2. The maximum absolute atomic E-state index is 13.4. The summed E-state index contributed by atoms with van der Waals surface area (Å²) in [5.74, 6) is 4.17. The first kappa shape index (κ1) is 23.8. The summed E-state index contributed by atoms with van der Waals surface area (Å²) in [4.78, 5) is 29.9. The number of H-pyrrole nitrogens is 1. The zero-order valence-corrected chi connectivity index (χ0v) is 19.9. The second-order valence-corrected chi connectivity index (χ2v) is 9.85. The topological polar surface area (TPSA) is 215 Å². The molecule has 7 rings (SSSR count). The fraction of sp³-hybridized carbons (Fsp3) is 0.231. The molecule has 5 unspecified atom stereocenters. The number of hydrazine groups is 1. The Morgan fingerprint density at radius 2 is 1.51 bits per heavy atom. The highest BCUT2D eigenvalue weighted by molar-refractivity contribution is 6.39. The molecule has 9 N–H and O–H groups in total. The highest BCUT2D eigenvalue weighted by Crippen LogP contribution is 2.47. The molecule has 2 aliphatic heterocycles. The summed E-state index contributed by atoms with van der Waals surface area (Å²) in [5, 5.41) is 64.4. The number of fused-ring (bicyclic) bond motifs is 10. The number of hydrogen-bond acceptors (Lipinski definition) is 10. The van der Waals surface area contributed by atoms with E-state index in [2.05, 4.69) is 4.98 Å². The van der Waals surface area contributed by atoms with Crippen molar-refractivity contribution in [2.75, 3.05) is 6.61 Å². The highest BCUT2D eigenvalue weighted by Gasteiger charge is 2.47. The van der Waals surface area contributed by atoms with E-state index < -0.39 is 49.1 Å². The predicted octanol–water partition coefficient (Wildman–Crippen LogP) is 0.282. The molecule has 2 aromatic heterocycles. The van der Waals surface area contributed by atoms with Gasteiger partial charge in [0.2, 0.25) is 0 Å². The minimum absolute atomic E-state index is 0.00185. The first-order valence-corrected chi connectivity index (χ1v) is 12.0. The van der Waals surface area contributed by atoms with Gasteiger partial charge in [0, 0.05) is 33.7 Å². The molecule has 39 heavy (non-hydrogen) atoms. The zero-order valence-electron chi connectivity index (χ0n) is 19.9. The number of amides is 2. The van der Waals surface area contributed by atoms with Gasteiger partial charge in [0.05, 0.1) is 39.8 Å². The Bertz CT molecular complexity index is 1890. The van der Waals surface area contributed by atoms with Crippen LogP contribution in [0.3, 0.4) is 0 Å². The van der Waals surface area contributed by atoms with Gasteiger partial charge in [-0.05, 0) is 24.3 Å². The van der Waals surface area contributed by atoms with Crippen molar-refractivity contribution >= 4 is 55.4 Å². The summed E-state index contributed by atoms with van der Waals surface area (Å²) in [5.41, 5.74) is 1.33. The number of benzene rings is 3. The Morgan fingerprint density at radius 1 is 0.872 bits per heavy atom. The van der Waals surface area contributed by atoms with Crippen molar-refractivity contribution in [2.24, 2.45) is 5.84 Å². The molecule has 13 nitrogen and oxygen atoms in total. The molecule has 5 aromatic rings. The van der Waals surface area contributed by atoms with Crippen molar-refractivity contribution in [3.05, 3.63) is 47.5 Å². The highest BCUT2D eigenvalue weighted by atomic mass is 16.6. The quantitative estimate of drug-likeness (QED) is 0.0879. The van der Waals surface area contributed by atoms with Crippen LogP contribution in [0.4, 0.5) is 0 Å². The third-order valence-corrected chi connectivity index (χ3v) is 7.74. The molecular formula is C26H22N4O9. The number of rotatable bonds is 2. The van der Waals surface area contributed by atoms with Crippen molar-refractivity contribution in [3.8, 4) is 11.5 Å². The summed E-state index contributed by atoms with van der Waals surface area (Å²) < 4.78 is 7.34. The second-order valence-electron chi connectivity index (χ2n) is 9.85. The number of aliphatic hydroxyl groups excluding tert-OH is 4. The molecule has 4 heterocycles. The number of aromatic hydroxyl groups is 2. The molecule has 2 amide bonds. The van der Waals surface area contributed by atoms with E-state index in [1.54, 1.807) is 6.07 Å². The van der Waals surface area contributed by atoms with E-state index in [-0.39, 0.29) is 39.0 Å². The first-order valence-electron chi connectivity index (χ1n) is 12.0. The van der Waals surface area contributed by atoms with Crippen molar-refractivity contribution in [3.63, 3.8) is 0 Å². The number of nitrogens with two attached hydrogens (primary N) is 1. The molecule has 0 aliphatic carbocycles. The molecule has 13 heteroatoms. The van der Waals surface area contributed by atoms with E-state index in [4.69, 9.17) is 10.6 Å². The van der Waals surface area contributed by atoms with Gasteiger partial charge < -0.3 is 44.9 Å². The van der Waals surface area contributed by atoms with Crippen LogP contribution in [0.1, 0.15) is 26.9 Å². The minimum Gasteiger partial charge on any atom is -0.508 e. The summed E-state index contributed by atoms with van der Waals surface area (Å²) in [6.07, 6.45) is -7.69. The molecule has 5 atom stereocenters. The molecule has 2 aliphatic rings. The number of phenols is 2. The average molecular weight is 534 g/mol. The monoisotopic (exact) mass is 534 g/mol. The largest absolute Gasteiger partial charge is 0.508 e. The molecule has 200 valence electrons. The van der Waals surface area contributed by atoms with Crippen LogP contribution >= 0.6 is 0 Å². The van der Waals surface area contributed by atoms with E-state index >= 15 is 0 Å². The van der Waals surface area contributed by atoms with Gasteiger partial charge in [0.1, 0.15) is 35.9 Å². The van der Waals surface area contributed by atoms with Crippen LogP contribution in [-0.4, -0.2) is 88.0 Å². The summed E-state index contributed by atoms with van der Waals surface area (Å²) in [6.45, 7) is -0.671. The molecule has 1 fully saturated rings. The number of phenolic OH excluding ortho intramolecular Hbond substituents is 2. The Balaban J connectivity index is 1.72. The number of nitrogens with zero attached hydrogens (tertiary/aromatic N) is 2. The number of imide groups is 1. The van der Waals surface area contributed by atoms with Crippen LogP contribution in [-0.2, 0) is 4.74 Å². The maximum atomic E-state index is 13.4. The van der Waals surface area contributed by atoms with Crippen LogP contribution in [0.15, 0.2) is 36.4 Å². The van der Waals surface area contributed by atoms with E-state index in [9.17, 15) is 40.2 Å². The van der Waals surface area contributed by atoms with Gasteiger partial charge in [0.15, 0.2) is 6.23 Å². The van der Waals surface area contributed by atoms with Crippen LogP contribution in [0, 0.1) is 0 Å². The van der Waals surface area contributed by atoms with Gasteiger partial charge in [-0.1, -0.05) is 0 Å². The van der Waals surface area contributed by atoms with E-state index in [1.165, 1.54) is 34.9 Å². The lowest BCUT2D eigenvalue weighted by Crippen LogP contribution is -2.56. The number of hydrogen-bond donors (Lipinski definition) is 8. The summed E-state index contributed by atoms with van der Waals surface area (Å²) in [7, 11) is 0. The number of aromatic nitrogens is 2. The zero-order chi connectivity index (χ0) is 27.5. The molecule has 0 radical (unpaired) electrons. The van der Waals surface area contributed by atoms with Crippen molar-refractivity contribution in [1.82, 2.24) is 14.6 Å². The lowest BCUT2D eigenvalue weighted by Gasteiger charge is -2.41. The smallest absolute Gasteiger partial charge is 0.276 e. The Hall–Kier alpha value is -4.24. The first-order chi connectivity index (χ1) is 18.6. The molecule has 0 bridgehead atoms. The Kier molecular flexibility index (Phi) is 4.82. The maximum Gasteiger partial charge on any atom is 0.276 e. The Morgan fingerprint density at radius 3 is 2.21 bits per heavy atom. The number of aliphatic hydroxyl groups is 4. The number of aromatic amines is 1. The van der Waals surface area contributed by atoms with Crippen LogP contribution in [0.25, 0.3) is 43.6 Å². The lowest BCUT2D eigenvalue weighted by molar-refractivity contribution is -0.249. The number of ether oxygens (including phenoxy) is 1. The van der Waals surface area contributed by atoms with Gasteiger partial charge in [-0.25, -0.2) is 10.9 Å². The summed E-state index contributed by atoms with van der Waals surface area (Å²) >= 11 is 0. The van der Waals surface area contributed by atoms with Gasteiger partial charge in [-0.2, -0.15) is 0 Å². The second kappa shape index (κ2) is 7.89. The third kappa shape index (κ3) is 2.93. The van der Waals surface area contributed by atoms with Gasteiger partial charge in [0.25, 0.3) is 11.8 Å². The Labute approximate surface area is 217 Å². The van der Waals surface area contributed by atoms with Crippen molar-refractivity contribution in [2.45, 2.75) is 30.6 Å². The van der Waals surface area contributed by atoms with E-state index in [1.807, 2.05) is 0 Å². The fourth-order valence-corrected chi connectivity index (χ4v) is 5.99. The number of carbonyl (C=O) groups excluding carboxylic acids is 2.